The third-order valence-electron chi connectivity index (χ3n) is 4.36. The third-order valence-corrected chi connectivity index (χ3v) is 4.36. The molecule has 1 fully saturated rings. The van der Waals surface area contributed by atoms with Crippen molar-refractivity contribution in [3.63, 3.8) is 0 Å². The normalized spacial score (nSPS) is 29.4. The number of hydrogen-bond donors (Lipinski definition) is 1. The van der Waals surface area contributed by atoms with E-state index in [0.29, 0.717) is 18.8 Å². The lowest BCUT2D eigenvalue weighted by Gasteiger charge is -2.41. The van der Waals surface area contributed by atoms with Crippen molar-refractivity contribution in [1.82, 2.24) is 0 Å². The highest BCUT2D eigenvalue weighted by atomic mass is 16.5. The Morgan fingerprint density at radius 3 is 2.37 bits per heavy atom. The van der Waals surface area contributed by atoms with Gasteiger partial charge < -0.3 is 9.84 Å². The van der Waals surface area contributed by atoms with Crippen LogP contribution < -0.4 is 0 Å². The molecule has 0 aromatic rings. The van der Waals surface area contributed by atoms with Crippen LogP contribution in [0.25, 0.3) is 0 Å². The fourth-order valence-corrected chi connectivity index (χ4v) is 2.89. The van der Waals surface area contributed by atoms with Crippen molar-refractivity contribution in [2.45, 2.75) is 59.5 Å². The Morgan fingerprint density at radius 2 is 2.00 bits per heavy atom. The van der Waals surface area contributed by atoms with Gasteiger partial charge in [0.1, 0.15) is 0 Å². The van der Waals surface area contributed by atoms with Crippen LogP contribution in [0.15, 0.2) is 0 Å². The number of rotatable bonds is 3. The van der Waals surface area contributed by atoms with E-state index in [1.165, 1.54) is 0 Å². The van der Waals surface area contributed by atoms with Gasteiger partial charge in [-0.15, -0.1) is 0 Å². The van der Waals surface area contributed by atoms with Crippen LogP contribution in [0.2, 0.25) is 0 Å². The highest BCUT2D eigenvalue weighted by Gasteiger charge is 2.47. The Bertz CT molecular complexity index is 357. The molecule has 0 saturated heterocycles. The summed E-state index contributed by atoms with van der Waals surface area (Å²) < 4.78 is 4.84. The van der Waals surface area contributed by atoms with Gasteiger partial charge in [-0.2, -0.15) is 5.26 Å². The standard InChI is InChI=1S/C15H25NO3/c1-5-19-13(18)12(17)15(10-16)8-6-11(7-9-15)14(2,3)4/h11-12,17H,5-9H2,1-4H3. The monoisotopic (exact) mass is 267 g/mol. The fraction of sp³-hybridized carbons (Fsp3) is 0.867. The zero-order valence-corrected chi connectivity index (χ0v) is 12.4. The van der Waals surface area contributed by atoms with Crippen molar-refractivity contribution in [3.8, 4) is 6.07 Å². The van der Waals surface area contributed by atoms with E-state index in [1.54, 1.807) is 6.92 Å². The Kier molecular flexibility index (Phi) is 4.98. The van der Waals surface area contributed by atoms with Crippen LogP contribution in [0, 0.1) is 28.1 Å². The number of aliphatic hydroxyl groups excluding tert-OH is 1. The van der Waals surface area contributed by atoms with Gasteiger partial charge >= 0.3 is 5.97 Å². The topological polar surface area (TPSA) is 70.3 Å². The predicted octanol–water partition coefficient (Wildman–Crippen LogP) is 2.66. The first-order valence-corrected chi connectivity index (χ1v) is 7.03. The number of hydrogen-bond acceptors (Lipinski definition) is 4. The summed E-state index contributed by atoms with van der Waals surface area (Å²) in [4.78, 5) is 11.7. The molecule has 1 rings (SSSR count). The van der Waals surface area contributed by atoms with E-state index in [4.69, 9.17) is 4.74 Å². The van der Waals surface area contributed by atoms with Crippen LogP contribution in [0.1, 0.15) is 53.4 Å². The van der Waals surface area contributed by atoms with Crippen LogP contribution in [-0.2, 0) is 9.53 Å². The molecule has 1 aliphatic carbocycles. The zero-order chi connectivity index (χ0) is 14.7. The number of ether oxygens (including phenoxy) is 1. The van der Waals surface area contributed by atoms with E-state index in [2.05, 4.69) is 26.8 Å². The van der Waals surface area contributed by atoms with Crippen molar-refractivity contribution in [2.24, 2.45) is 16.7 Å². The molecule has 108 valence electrons. The van der Waals surface area contributed by atoms with Crippen molar-refractivity contribution in [1.29, 1.82) is 5.26 Å². The summed E-state index contributed by atoms with van der Waals surface area (Å²) in [7, 11) is 0. The van der Waals surface area contributed by atoms with Gasteiger partial charge in [-0.1, -0.05) is 20.8 Å². The maximum Gasteiger partial charge on any atom is 0.336 e. The highest BCUT2D eigenvalue weighted by molar-refractivity contribution is 5.76. The molecule has 4 heteroatoms. The molecule has 19 heavy (non-hydrogen) atoms. The average molecular weight is 267 g/mol. The van der Waals surface area contributed by atoms with Crippen LogP contribution in [0.3, 0.4) is 0 Å². The van der Waals surface area contributed by atoms with Crippen LogP contribution >= 0.6 is 0 Å². The molecule has 0 spiro atoms. The van der Waals surface area contributed by atoms with Gasteiger partial charge in [0.05, 0.1) is 18.1 Å². The molecular weight excluding hydrogens is 242 g/mol. The van der Waals surface area contributed by atoms with E-state index in [-0.39, 0.29) is 12.0 Å². The van der Waals surface area contributed by atoms with Crippen LogP contribution in [0.5, 0.6) is 0 Å². The molecule has 1 aliphatic rings. The van der Waals surface area contributed by atoms with Gasteiger partial charge in [0.15, 0.2) is 6.10 Å². The van der Waals surface area contributed by atoms with E-state index >= 15 is 0 Å². The number of aliphatic hydroxyl groups is 1. The fourth-order valence-electron chi connectivity index (χ4n) is 2.89. The molecule has 0 heterocycles. The number of esters is 1. The summed E-state index contributed by atoms with van der Waals surface area (Å²) in [6.07, 6.45) is 1.54. The summed E-state index contributed by atoms with van der Waals surface area (Å²) >= 11 is 0. The molecule has 4 nitrogen and oxygen atoms in total. The highest BCUT2D eigenvalue weighted by Crippen LogP contribution is 2.46. The van der Waals surface area contributed by atoms with Crippen molar-refractivity contribution >= 4 is 5.97 Å². The molecule has 0 aromatic heterocycles. The van der Waals surface area contributed by atoms with Crippen molar-refractivity contribution in [3.05, 3.63) is 0 Å². The second kappa shape index (κ2) is 5.92. The average Bonchev–Trinajstić information content (AvgIpc) is 2.37. The minimum atomic E-state index is -1.32. The van der Waals surface area contributed by atoms with Gasteiger partial charge in [0.2, 0.25) is 0 Å². The van der Waals surface area contributed by atoms with Gasteiger partial charge in [-0.05, 0) is 43.9 Å². The van der Waals surface area contributed by atoms with E-state index in [1.807, 2.05) is 0 Å². The Labute approximate surface area is 115 Å². The molecule has 0 aromatic carbocycles. The maximum atomic E-state index is 11.7. The third kappa shape index (κ3) is 3.48. The Hall–Kier alpha value is -1.08. The van der Waals surface area contributed by atoms with Gasteiger partial charge in [-0.3, -0.25) is 0 Å². The quantitative estimate of drug-likeness (QED) is 0.798. The Balaban J connectivity index is 2.76. The van der Waals surface area contributed by atoms with Gasteiger partial charge in [-0.25, -0.2) is 4.79 Å². The molecule has 1 atom stereocenters. The first kappa shape index (κ1) is 16.0. The lowest BCUT2D eigenvalue weighted by molar-refractivity contribution is -0.160. The summed E-state index contributed by atoms with van der Waals surface area (Å²) in [6.45, 7) is 8.50. The van der Waals surface area contributed by atoms with Crippen molar-refractivity contribution < 1.29 is 14.6 Å². The van der Waals surface area contributed by atoms with Crippen LogP contribution in [-0.4, -0.2) is 23.8 Å². The number of nitrogens with zero attached hydrogens (tertiary/aromatic N) is 1. The smallest absolute Gasteiger partial charge is 0.336 e. The summed E-state index contributed by atoms with van der Waals surface area (Å²) in [5.74, 6) is -0.137. The Morgan fingerprint density at radius 1 is 1.47 bits per heavy atom. The van der Waals surface area contributed by atoms with Crippen molar-refractivity contribution in [2.75, 3.05) is 6.61 Å². The zero-order valence-electron chi connectivity index (χ0n) is 12.4. The molecule has 1 saturated carbocycles. The van der Waals surface area contributed by atoms with Gasteiger partial charge in [0.25, 0.3) is 0 Å². The molecule has 1 N–H and O–H groups in total. The second-order valence-electron chi connectivity index (χ2n) is 6.56. The molecule has 1 unspecified atom stereocenters. The van der Waals surface area contributed by atoms with E-state index in [0.717, 1.165) is 12.8 Å². The summed E-state index contributed by atoms with van der Waals surface area (Å²) in [6, 6.07) is 2.18. The van der Waals surface area contributed by atoms with E-state index in [9.17, 15) is 15.2 Å². The number of nitriles is 1. The largest absolute Gasteiger partial charge is 0.464 e. The minimum absolute atomic E-state index is 0.205. The molecule has 0 bridgehead atoms. The molecule has 0 aliphatic heterocycles. The molecule has 0 amide bonds. The molecule has 0 radical (unpaired) electrons. The lowest BCUT2D eigenvalue weighted by atomic mass is 9.63. The van der Waals surface area contributed by atoms with E-state index < -0.39 is 17.5 Å². The first-order chi connectivity index (χ1) is 8.77. The lowest BCUT2D eigenvalue weighted by Crippen LogP contribution is -2.44. The first-order valence-electron chi connectivity index (χ1n) is 7.03. The maximum absolute atomic E-state index is 11.7. The SMILES string of the molecule is CCOC(=O)C(O)C1(C#N)CCC(C(C)(C)C)CC1. The summed E-state index contributed by atoms with van der Waals surface area (Å²) in [5.41, 5.74) is -0.759. The number of carbonyl (C=O) groups excluding carboxylic acids is 1. The molecular formula is C15H25NO3. The minimum Gasteiger partial charge on any atom is -0.464 e. The van der Waals surface area contributed by atoms with Gasteiger partial charge in [0, 0.05) is 0 Å². The van der Waals surface area contributed by atoms with Crippen LogP contribution in [0.4, 0.5) is 0 Å². The predicted molar refractivity (Wildman–Crippen MR) is 72.1 cm³/mol. The number of carbonyl (C=O) groups is 1. The second-order valence-corrected chi connectivity index (χ2v) is 6.56. The summed E-state index contributed by atoms with van der Waals surface area (Å²) in [5, 5.41) is 19.5.